The van der Waals surface area contributed by atoms with Crippen molar-refractivity contribution in [2.75, 3.05) is 13.2 Å². The second-order valence-corrected chi connectivity index (χ2v) is 2.30. The van der Waals surface area contributed by atoms with E-state index in [1.165, 1.54) is 12.8 Å². The number of hydrogen-bond donors (Lipinski definition) is 0. The number of rotatable bonds is 0. The van der Waals surface area contributed by atoms with Crippen molar-refractivity contribution < 1.29 is 45.0 Å². The molecule has 1 aliphatic rings. The van der Waals surface area contributed by atoms with Crippen molar-refractivity contribution in [1.29, 1.82) is 0 Å². The van der Waals surface area contributed by atoms with Gasteiger partial charge in [-0.15, -0.1) is 0 Å². The van der Waals surface area contributed by atoms with Crippen molar-refractivity contribution in [2.24, 2.45) is 0 Å². The van der Waals surface area contributed by atoms with Gasteiger partial charge in [-0.1, -0.05) is 0 Å². The SMILES string of the molecule is C1CCOC1.CC(=O)[O-].CC(=O)[O-].[Pd+2]. The van der Waals surface area contributed by atoms with E-state index in [2.05, 4.69) is 0 Å². The van der Waals surface area contributed by atoms with Crippen molar-refractivity contribution in [2.45, 2.75) is 26.7 Å². The van der Waals surface area contributed by atoms with Crippen LogP contribution in [0, 0.1) is 0 Å². The standard InChI is InChI=1S/C4H8O.2C2H4O2.Pd/c1-2-4-5-3-1;2*1-2(3)4;/h1-4H2;2*1H3,(H,3,4);/q;;;+2/p-2. The van der Waals surface area contributed by atoms with Crippen molar-refractivity contribution in [1.82, 2.24) is 0 Å². The first-order valence-electron chi connectivity index (χ1n) is 3.89. The van der Waals surface area contributed by atoms with Crippen molar-refractivity contribution in [3.05, 3.63) is 0 Å². The Hall–Kier alpha value is -0.438. The summed E-state index contributed by atoms with van der Waals surface area (Å²) in [5.41, 5.74) is 0. The Morgan fingerprint density at radius 2 is 1.21 bits per heavy atom. The Balaban J connectivity index is -0.000000127. The van der Waals surface area contributed by atoms with Crippen molar-refractivity contribution in [3.63, 3.8) is 0 Å². The molecule has 0 N–H and O–H groups in total. The van der Waals surface area contributed by atoms with Gasteiger partial charge in [-0.2, -0.15) is 0 Å². The number of aliphatic carboxylic acids is 2. The van der Waals surface area contributed by atoms with Crippen molar-refractivity contribution in [3.8, 4) is 0 Å². The Kier molecular flexibility index (Phi) is 20.6. The summed E-state index contributed by atoms with van der Waals surface area (Å²) in [6.07, 6.45) is 2.56. The molecule has 0 aromatic carbocycles. The van der Waals surface area contributed by atoms with E-state index in [0.29, 0.717) is 0 Å². The summed E-state index contributed by atoms with van der Waals surface area (Å²) in [5, 5.41) is 17.8. The fourth-order valence-corrected chi connectivity index (χ4v) is 0.510. The van der Waals surface area contributed by atoms with Crippen LogP contribution in [0.2, 0.25) is 0 Å². The van der Waals surface area contributed by atoms with Gasteiger partial charge in [0.25, 0.3) is 0 Å². The Morgan fingerprint density at radius 1 is 1.00 bits per heavy atom. The summed E-state index contributed by atoms with van der Waals surface area (Å²) >= 11 is 0. The number of carboxylic acid groups (broad SMARTS) is 2. The minimum absolute atomic E-state index is 0. The van der Waals surface area contributed by atoms with Gasteiger partial charge in [0.15, 0.2) is 0 Å². The maximum Gasteiger partial charge on any atom is 2.00 e. The van der Waals surface area contributed by atoms with Crippen LogP contribution in [-0.4, -0.2) is 25.2 Å². The number of hydrogen-bond acceptors (Lipinski definition) is 5. The molecule has 0 radical (unpaired) electrons. The molecule has 0 unspecified atom stereocenters. The zero-order chi connectivity index (χ0) is 10.7. The van der Waals surface area contributed by atoms with E-state index in [1.54, 1.807) is 0 Å². The number of ether oxygens (including phenoxy) is 1. The largest absolute Gasteiger partial charge is 2.00 e. The maximum atomic E-state index is 8.89. The fourth-order valence-electron chi connectivity index (χ4n) is 0.510. The molecule has 0 spiro atoms. The summed E-state index contributed by atoms with van der Waals surface area (Å²) < 4.78 is 4.94. The minimum atomic E-state index is -1.08. The van der Waals surface area contributed by atoms with Crippen LogP contribution < -0.4 is 10.2 Å². The molecule has 0 bridgehead atoms. The summed E-state index contributed by atoms with van der Waals surface area (Å²) in [7, 11) is 0. The zero-order valence-corrected chi connectivity index (χ0v) is 9.74. The molecule has 0 atom stereocenters. The monoisotopic (exact) mass is 296 g/mol. The summed E-state index contributed by atoms with van der Waals surface area (Å²) in [5.74, 6) is -2.17. The number of carboxylic acids is 2. The molecule has 86 valence electrons. The molecule has 0 aromatic heterocycles. The average molecular weight is 297 g/mol. The molecular formula is C8H14O5Pd. The first kappa shape index (κ1) is 19.2. The first-order valence-corrected chi connectivity index (χ1v) is 3.89. The predicted octanol–water partition coefficient (Wildman–Crippen LogP) is -1.69. The third-order valence-corrected chi connectivity index (χ3v) is 0.827. The zero-order valence-electron chi connectivity index (χ0n) is 8.19. The number of carbonyl (C=O) groups is 2. The molecule has 0 aliphatic carbocycles. The van der Waals surface area contributed by atoms with Gasteiger partial charge in [0.1, 0.15) is 0 Å². The Labute approximate surface area is 97.1 Å². The van der Waals surface area contributed by atoms with E-state index in [1.807, 2.05) is 0 Å². The third-order valence-electron chi connectivity index (χ3n) is 0.827. The van der Waals surface area contributed by atoms with Crippen LogP contribution >= 0.6 is 0 Å². The molecule has 1 fully saturated rings. The van der Waals surface area contributed by atoms with Crippen LogP contribution in [0.25, 0.3) is 0 Å². The summed E-state index contributed by atoms with van der Waals surface area (Å²) in [6.45, 7) is 3.94. The molecular weight excluding hydrogens is 283 g/mol. The topological polar surface area (TPSA) is 89.5 Å². The van der Waals surface area contributed by atoms with Crippen LogP contribution in [-0.2, 0) is 34.7 Å². The molecule has 1 rings (SSSR count). The van der Waals surface area contributed by atoms with Gasteiger partial charge in [0.2, 0.25) is 0 Å². The second-order valence-electron chi connectivity index (χ2n) is 2.30. The normalized spacial score (nSPS) is 12.1. The van der Waals surface area contributed by atoms with E-state index in [9.17, 15) is 0 Å². The molecule has 0 aromatic rings. The van der Waals surface area contributed by atoms with Crippen LogP contribution in [0.15, 0.2) is 0 Å². The molecule has 0 amide bonds. The van der Waals surface area contributed by atoms with Gasteiger partial charge in [0, 0.05) is 25.2 Å². The fraction of sp³-hybridized carbons (Fsp3) is 0.750. The smallest absolute Gasteiger partial charge is 0.550 e. The van der Waals surface area contributed by atoms with Crippen LogP contribution in [0.1, 0.15) is 26.7 Å². The molecule has 0 saturated carbocycles. The Bertz CT molecular complexity index is 117. The van der Waals surface area contributed by atoms with E-state index >= 15 is 0 Å². The Morgan fingerprint density at radius 3 is 1.29 bits per heavy atom. The molecule has 14 heavy (non-hydrogen) atoms. The maximum absolute atomic E-state index is 8.89. The van der Waals surface area contributed by atoms with E-state index in [4.69, 9.17) is 24.5 Å². The molecule has 1 saturated heterocycles. The predicted molar refractivity (Wildman–Crippen MR) is 41.4 cm³/mol. The third kappa shape index (κ3) is 62.0. The second kappa shape index (κ2) is 15.1. The molecule has 1 heterocycles. The summed E-state index contributed by atoms with van der Waals surface area (Å²) in [6, 6.07) is 0. The van der Waals surface area contributed by atoms with Gasteiger partial charge in [-0.25, -0.2) is 0 Å². The molecule has 6 heteroatoms. The van der Waals surface area contributed by atoms with Gasteiger partial charge in [-0.05, 0) is 26.7 Å². The van der Waals surface area contributed by atoms with Crippen LogP contribution in [0.4, 0.5) is 0 Å². The van der Waals surface area contributed by atoms with E-state index in [0.717, 1.165) is 27.1 Å². The molecule has 5 nitrogen and oxygen atoms in total. The van der Waals surface area contributed by atoms with E-state index in [-0.39, 0.29) is 20.4 Å². The number of carbonyl (C=O) groups excluding carboxylic acids is 2. The van der Waals surface area contributed by atoms with Crippen LogP contribution in [0.5, 0.6) is 0 Å². The van der Waals surface area contributed by atoms with E-state index < -0.39 is 11.9 Å². The van der Waals surface area contributed by atoms with Gasteiger partial charge >= 0.3 is 20.4 Å². The summed E-state index contributed by atoms with van der Waals surface area (Å²) in [4.78, 5) is 17.8. The molecule has 1 aliphatic heterocycles. The van der Waals surface area contributed by atoms with Gasteiger partial charge in [0.05, 0.1) is 0 Å². The minimum Gasteiger partial charge on any atom is -0.550 e. The van der Waals surface area contributed by atoms with Crippen molar-refractivity contribution >= 4 is 11.9 Å². The first-order chi connectivity index (χ1) is 5.96. The van der Waals surface area contributed by atoms with Gasteiger partial charge in [-0.3, -0.25) is 0 Å². The van der Waals surface area contributed by atoms with Crippen LogP contribution in [0.3, 0.4) is 0 Å². The van der Waals surface area contributed by atoms with Gasteiger partial charge < -0.3 is 24.5 Å². The quantitative estimate of drug-likeness (QED) is 0.497. The average Bonchev–Trinajstić information content (AvgIpc) is 2.35.